The van der Waals surface area contributed by atoms with Crippen molar-refractivity contribution >= 4 is 37.8 Å². The smallest absolute Gasteiger partial charge is 0.303 e. The molecule has 1 atom stereocenters. The molecule has 18 heavy (non-hydrogen) atoms. The van der Waals surface area contributed by atoms with E-state index in [0.717, 1.165) is 47.4 Å². The Morgan fingerprint density at radius 2 is 2.33 bits per heavy atom. The van der Waals surface area contributed by atoms with Crippen LogP contribution in [0.4, 0.5) is 0 Å². The van der Waals surface area contributed by atoms with E-state index in [9.17, 15) is 4.79 Å². The van der Waals surface area contributed by atoms with Gasteiger partial charge in [0.05, 0.1) is 11.0 Å². The van der Waals surface area contributed by atoms with Crippen molar-refractivity contribution in [1.82, 2.24) is 4.90 Å². The highest BCUT2D eigenvalue weighted by atomic mass is 79.9. The van der Waals surface area contributed by atoms with Gasteiger partial charge in [0.2, 0.25) is 0 Å². The molecule has 6 heteroatoms. The molecule has 2 heterocycles. The summed E-state index contributed by atoms with van der Waals surface area (Å²) in [4.78, 5) is 12.8. The Morgan fingerprint density at radius 1 is 1.56 bits per heavy atom. The average molecular weight is 381 g/mol. The van der Waals surface area contributed by atoms with Crippen LogP contribution in [0.15, 0.2) is 19.6 Å². The first-order valence-electron chi connectivity index (χ1n) is 5.92. The second-order valence-electron chi connectivity index (χ2n) is 4.66. The normalized spacial score (nSPS) is 20.4. The molecule has 100 valence electrons. The summed E-state index contributed by atoms with van der Waals surface area (Å²) in [6.45, 7) is 2.76. The zero-order chi connectivity index (χ0) is 13.1. The van der Waals surface area contributed by atoms with E-state index < -0.39 is 5.97 Å². The van der Waals surface area contributed by atoms with Gasteiger partial charge in [-0.2, -0.15) is 0 Å². The van der Waals surface area contributed by atoms with Gasteiger partial charge in [0.15, 0.2) is 4.67 Å². The number of aliphatic carboxylic acids is 1. The zero-order valence-electron chi connectivity index (χ0n) is 9.86. The average Bonchev–Trinajstić information content (AvgIpc) is 2.85. The Hall–Kier alpha value is -0.330. The third kappa shape index (κ3) is 3.83. The van der Waals surface area contributed by atoms with Crippen LogP contribution in [0.2, 0.25) is 0 Å². The lowest BCUT2D eigenvalue weighted by atomic mass is 10.0. The predicted octanol–water partition coefficient (Wildman–Crippen LogP) is 3.49. The topological polar surface area (TPSA) is 53.7 Å². The molecule has 1 N–H and O–H groups in total. The lowest BCUT2D eigenvalue weighted by Crippen LogP contribution is -2.20. The van der Waals surface area contributed by atoms with E-state index in [2.05, 4.69) is 36.8 Å². The van der Waals surface area contributed by atoms with Crippen molar-refractivity contribution in [2.75, 3.05) is 13.1 Å². The molecule has 1 saturated heterocycles. The van der Waals surface area contributed by atoms with Crippen molar-refractivity contribution in [3.63, 3.8) is 0 Å². The molecule has 1 unspecified atom stereocenters. The van der Waals surface area contributed by atoms with Gasteiger partial charge >= 0.3 is 5.97 Å². The van der Waals surface area contributed by atoms with Gasteiger partial charge in [-0.15, -0.1) is 0 Å². The molecule has 0 spiro atoms. The standard InChI is InChI=1S/C12H15Br2NO3/c13-10-5-9(18-12(10)14)7-15-4-3-8(6-15)1-2-11(16)17/h5,8H,1-4,6-7H2,(H,16,17). The molecule has 0 aliphatic carbocycles. The molecule has 0 radical (unpaired) electrons. The highest BCUT2D eigenvalue weighted by Crippen LogP contribution is 2.29. The third-order valence-electron chi connectivity index (χ3n) is 3.21. The lowest BCUT2D eigenvalue weighted by molar-refractivity contribution is -0.137. The van der Waals surface area contributed by atoms with Gasteiger partial charge in [-0.25, -0.2) is 0 Å². The first kappa shape index (κ1) is 14.1. The second-order valence-corrected chi connectivity index (χ2v) is 6.23. The van der Waals surface area contributed by atoms with Crippen LogP contribution in [-0.2, 0) is 11.3 Å². The van der Waals surface area contributed by atoms with Gasteiger partial charge in [0, 0.05) is 13.0 Å². The molecule has 1 aromatic heterocycles. The Kier molecular flexibility index (Phi) is 4.86. The number of halogens is 2. The minimum atomic E-state index is -0.702. The van der Waals surface area contributed by atoms with Crippen LogP contribution in [-0.4, -0.2) is 29.1 Å². The van der Waals surface area contributed by atoms with Gasteiger partial charge in [0.1, 0.15) is 5.76 Å². The highest BCUT2D eigenvalue weighted by molar-refractivity contribution is 9.13. The molecule has 1 aliphatic rings. The predicted molar refractivity (Wildman–Crippen MR) is 74.4 cm³/mol. The Bertz CT molecular complexity index is 413. The van der Waals surface area contributed by atoms with Crippen molar-refractivity contribution in [3.8, 4) is 0 Å². The lowest BCUT2D eigenvalue weighted by Gasteiger charge is -2.13. The Morgan fingerprint density at radius 3 is 2.94 bits per heavy atom. The number of nitrogens with zero attached hydrogens (tertiary/aromatic N) is 1. The van der Waals surface area contributed by atoms with Crippen LogP contribution in [0.5, 0.6) is 0 Å². The fraction of sp³-hybridized carbons (Fsp3) is 0.583. The van der Waals surface area contributed by atoms with Crippen LogP contribution in [0, 0.1) is 5.92 Å². The summed E-state index contributed by atoms with van der Waals surface area (Å²) in [6.07, 6.45) is 2.13. The molecule has 4 nitrogen and oxygen atoms in total. The monoisotopic (exact) mass is 379 g/mol. The summed E-state index contributed by atoms with van der Waals surface area (Å²) in [5.41, 5.74) is 0. The van der Waals surface area contributed by atoms with E-state index in [1.165, 1.54) is 0 Å². The van der Waals surface area contributed by atoms with E-state index in [0.29, 0.717) is 5.92 Å². The minimum Gasteiger partial charge on any atom is -0.481 e. The number of carboxylic acid groups (broad SMARTS) is 1. The van der Waals surface area contributed by atoms with Gasteiger partial charge in [0.25, 0.3) is 0 Å². The Labute approximate surface area is 123 Å². The summed E-state index contributed by atoms with van der Waals surface area (Å²) in [7, 11) is 0. The molecular weight excluding hydrogens is 366 g/mol. The fourth-order valence-corrected chi connectivity index (χ4v) is 2.97. The van der Waals surface area contributed by atoms with Crippen molar-refractivity contribution in [2.24, 2.45) is 5.92 Å². The summed E-state index contributed by atoms with van der Waals surface area (Å²) >= 11 is 6.71. The molecule has 0 amide bonds. The maximum Gasteiger partial charge on any atom is 0.303 e. The molecule has 0 bridgehead atoms. The number of carboxylic acids is 1. The van der Waals surface area contributed by atoms with Crippen molar-refractivity contribution < 1.29 is 14.3 Å². The molecule has 0 saturated carbocycles. The van der Waals surface area contributed by atoms with E-state index >= 15 is 0 Å². The van der Waals surface area contributed by atoms with Crippen molar-refractivity contribution in [1.29, 1.82) is 0 Å². The fourth-order valence-electron chi connectivity index (χ4n) is 2.31. The van der Waals surface area contributed by atoms with Crippen LogP contribution in [0.1, 0.15) is 25.0 Å². The van der Waals surface area contributed by atoms with Crippen LogP contribution in [0.3, 0.4) is 0 Å². The molecule has 1 aliphatic heterocycles. The van der Waals surface area contributed by atoms with E-state index in [1.807, 2.05) is 6.07 Å². The van der Waals surface area contributed by atoms with Crippen LogP contribution < -0.4 is 0 Å². The largest absolute Gasteiger partial charge is 0.481 e. The van der Waals surface area contributed by atoms with Gasteiger partial charge in [-0.3, -0.25) is 9.69 Å². The molecule has 1 fully saturated rings. The quantitative estimate of drug-likeness (QED) is 0.849. The first-order valence-corrected chi connectivity index (χ1v) is 7.51. The summed E-state index contributed by atoms with van der Waals surface area (Å²) < 4.78 is 7.19. The summed E-state index contributed by atoms with van der Waals surface area (Å²) in [5.74, 6) is 0.725. The van der Waals surface area contributed by atoms with Gasteiger partial charge in [-0.1, -0.05) is 0 Å². The Balaban J connectivity index is 1.80. The van der Waals surface area contributed by atoms with Crippen molar-refractivity contribution in [2.45, 2.75) is 25.8 Å². The molecule has 2 rings (SSSR count). The van der Waals surface area contributed by atoms with Crippen molar-refractivity contribution in [3.05, 3.63) is 21.0 Å². The number of likely N-dealkylation sites (tertiary alicyclic amines) is 1. The van der Waals surface area contributed by atoms with E-state index in [1.54, 1.807) is 0 Å². The van der Waals surface area contributed by atoms with Gasteiger partial charge in [-0.05, 0) is 63.2 Å². The van der Waals surface area contributed by atoms with E-state index in [4.69, 9.17) is 9.52 Å². The number of carbonyl (C=O) groups is 1. The number of rotatable bonds is 5. The number of furan rings is 1. The summed E-state index contributed by atoms with van der Waals surface area (Å²) in [5, 5.41) is 8.67. The first-order chi connectivity index (χ1) is 8.54. The summed E-state index contributed by atoms with van der Waals surface area (Å²) in [6, 6.07) is 1.97. The maximum absolute atomic E-state index is 10.5. The molecule has 1 aromatic rings. The zero-order valence-corrected chi connectivity index (χ0v) is 13.0. The second kappa shape index (κ2) is 6.21. The number of hydrogen-bond donors (Lipinski definition) is 1. The maximum atomic E-state index is 10.5. The molecular formula is C12H15Br2NO3. The van der Waals surface area contributed by atoms with E-state index in [-0.39, 0.29) is 6.42 Å². The SMILES string of the molecule is O=C(O)CCC1CCN(Cc2cc(Br)c(Br)o2)C1. The molecule has 0 aromatic carbocycles. The minimum absolute atomic E-state index is 0.274. The van der Waals surface area contributed by atoms with Gasteiger partial charge < -0.3 is 9.52 Å². The van der Waals surface area contributed by atoms with Crippen LogP contribution in [0.25, 0.3) is 0 Å². The highest BCUT2D eigenvalue weighted by Gasteiger charge is 2.23. The number of hydrogen-bond acceptors (Lipinski definition) is 3. The third-order valence-corrected chi connectivity index (χ3v) is 4.92. The van der Waals surface area contributed by atoms with Crippen LogP contribution >= 0.6 is 31.9 Å².